The molecule has 1 unspecified atom stereocenters. The first-order valence-corrected chi connectivity index (χ1v) is 7.30. The lowest BCUT2D eigenvalue weighted by Crippen LogP contribution is -2.46. The maximum Gasteiger partial charge on any atom is 0.147 e. The van der Waals surface area contributed by atoms with Gasteiger partial charge in [0.2, 0.25) is 0 Å². The second-order valence-corrected chi connectivity index (χ2v) is 5.63. The molecule has 1 saturated heterocycles. The van der Waals surface area contributed by atoms with Crippen LogP contribution in [0.4, 0.5) is 5.82 Å². The quantitative estimate of drug-likeness (QED) is 0.739. The Balaban J connectivity index is 1.66. The van der Waals surface area contributed by atoms with Crippen molar-refractivity contribution in [1.29, 1.82) is 0 Å². The number of H-pyrrole nitrogens is 1. The Morgan fingerprint density at radius 3 is 2.86 bits per heavy atom. The zero-order valence-electron chi connectivity index (χ0n) is 12.0. The number of piperidine rings is 1. The van der Waals surface area contributed by atoms with Crippen LogP contribution in [0.15, 0.2) is 36.7 Å². The number of β-amino-alcohol motifs (C(OH)–C–C–N with tert-alkyl or cyclic N) is 1. The van der Waals surface area contributed by atoms with Crippen LogP contribution < -0.4 is 4.90 Å². The second-order valence-electron chi connectivity index (χ2n) is 5.63. The van der Waals surface area contributed by atoms with E-state index in [0.29, 0.717) is 18.7 Å². The lowest BCUT2D eigenvalue weighted by molar-refractivity contribution is 0.0175. The van der Waals surface area contributed by atoms with Crippen LogP contribution in [0.2, 0.25) is 0 Å². The van der Waals surface area contributed by atoms with Crippen LogP contribution >= 0.6 is 0 Å². The predicted molar refractivity (Wildman–Crippen MR) is 81.3 cm³/mol. The third kappa shape index (κ3) is 2.19. The Morgan fingerprint density at radius 2 is 2.05 bits per heavy atom. The average Bonchev–Trinajstić information content (AvgIpc) is 3.10. The maximum atomic E-state index is 10.9. The first-order chi connectivity index (χ1) is 10.7. The number of nitrogens with zero attached hydrogens (tertiary/aromatic N) is 5. The number of hydrogen-bond donors (Lipinski definition) is 2. The first-order valence-electron chi connectivity index (χ1n) is 7.30. The average molecular weight is 296 g/mol. The third-order valence-electron chi connectivity index (χ3n) is 4.12. The lowest BCUT2D eigenvalue weighted by atomic mass is 9.90. The fourth-order valence-electron chi connectivity index (χ4n) is 2.97. The van der Waals surface area contributed by atoms with Crippen LogP contribution in [0, 0.1) is 0 Å². The normalized spacial score (nSPS) is 22.1. The summed E-state index contributed by atoms with van der Waals surface area (Å²) >= 11 is 0. The zero-order valence-corrected chi connectivity index (χ0v) is 12.0. The van der Waals surface area contributed by atoms with Gasteiger partial charge in [-0.05, 0) is 25.0 Å². The molecule has 1 atom stereocenters. The van der Waals surface area contributed by atoms with E-state index in [0.717, 1.165) is 29.8 Å². The maximum absolute atomic E-state index is 10.9. The summed E-state index contributed by atoms with van der Waals surface area (Å²) in [6, 6.07) is 7.78. The van der Waals surface area contributed by atoms with Gasteiger partial charge in [0.25, 0.3) is 0 Å². The molecular formula is C15H16N6O. The number of hydrogen-bond acceptors (Lipinski definition) is 6. The summed E-state index contributed by atoms with van der Waals surface area (Å²) in [4.78, 5) is 11.2. The molecule has 7 nitrogen and oxygen atoms in total. The van der Waals surface area contributed by atoms with Crippen molar-refractivity contribution in [2.24, 2.45) is 0 Å². The lowest BCUT2D eigenvalue weighted by Gasteiger charge is -2.38. The number of fused-ring (bicyclic) bond motifs is 1. The van der Waals surface area contributed by atoms with Gasteiger partial charge >= 0.3 is 0 Å². The molecule has 2 aromatic heterocycles. The van der Waals surface area contributed by atoms with Gasteiger partial charge < -0.3 is 10.0 Å². The molecule has 22 heavy (non-hydrogen) atoms. The van der Waals surface area contributed by atoms with E-state index in [1.165, 1.54) is 0 Å². The number of aromatic amines is 1. The van der Waals surface area contributed by atoms with E-state index in [2.05, 4.69) is 30.3 Å². The molecule has 112 valence electrons. The molecule has 1 aliphatic heterocycles. The molecule has 1 fully saturated rings. The summed E-state index contributed by atoms with van der Waals surface area (Å²) in [5, 5.41) is 21.3. The molecule has 1 aromatic carbocycles. The summed E-state index contributed by atoms with van der Waals surface area (Å²) < 4.78 is 0. The number of aliphatic hydroxyl groups is 1. The predicted octanol–water partition coefficient (Wildman–Crippen LogP) is 1.24. The van der Waals surface area contributed by atoms with Gasteiger partial charge in [0.05, 0.1) is 30.0 Å². The van der Waals surface area contributed by atoms with Crippen molar-refractivity contribution < 1.29 is 5.11 Å². The summed E-state index contributed by atoms with van der Waals surface area (Å²) in [7, 11) is 0. The van der Waals surface area contributed by atoms with Gasteiger partial charge in [-0.3, -0.25) is 4.98 Å². The van der Waals surface area contributed by atoms with Gasteiger partial charge in [0, 0.05) is 6.54 Å². The van der Waals surface area contributed by atoms with E-state index < -0.39 is 5.60 Å². The molecule has 2 N–H and O–H groups in total. The van der Waals surface area contributed by atoms with Crippen molar-refractivity contribution in [3.8, 4) is 0 Å². The molecule has 7 heteroatoms. The van der Waals surface area contributed by atoms with Gasteiger partial charge in [-0.1, -0.05) is 12.1 Å². The van der Waals surface area contributed by atoms with Gasteiger partial charge in [-0.2, -0.15) is 15.4 Å². The summed E-state index contributed by atoms with van der Waals surface area (Å²) in [6.07, 6.45) is 4.86. The molecule has 4 rings (SSSR count). The molecule has 0 spiro atoms. The van der Waals surface area contributed by atoms with E-state index >= 15 is 0 Å². The van der Waals surface area contributed by atoms with Gasteiger partial charge in [0.1, 0.15) is 17.1 Å². The number of benzene rings is 1. The van der Waals surface area contributed by atoms with Crippen molar-refractivity contribution in [1.82, 2.24) is 25.4 Å². The highest BCUT2D eigenvalue weighted by atomic mass is 16.3. The van der Waals surface area contributed by atoms with E-state index in [-0.39, 0.29) is 0 Å². The Morgan fingerprint density at radius 1 is 1.18 bits per heavy atom. The van der Waals surface area contributed by atoms with Gasteiger partial charge in [-0.15, -0.1) is 0 Å². The van der Waals surface area contributed by atoms with E-state index in [1.54, 1.807) is 12.4 Å². The summed E-state index contributed by atoms with van der Waals surface area (Å²) in [6.45, 7) is 1.28. The molecular weight excluding hydrogens is 280 g/mol. The molecule has 0 aliphatic carbocycles. The molecule has 1 aliphatic rings. The molecule has 0 bridgehead atoms. The first kappa shape index (κ1) is 13.1. The Kier molecular flexibility index (Phi) is 3.00. The Bertz CT molecular complexity index is 790. The molecule has 3 aromatic rings. The third-order valence-corrected chi connectivity index (χ3v) is 4.12. The monoisotopic (exact) mass is 296 g/mol. The van der Waals surface area contributed by atoms with Crippen molar-refractivity contribution in [2.75, 3.05) is 18.0 Å². The largest absolute Gasteiger partial charge is 0.382 e. The highest BCUT2D eigenvalue weighted by Gasteiger charge is 2.37. The van der Waals surface area contributed by atoms with Crippen LogP contribution in [0.3, 0.4) is 0 Å². The minimum atomic E-state index is -1.00. The van der Waals surface area contributed by atoms with Crippen molar-refractivity contribution >= 4 is 16.9 Å². The molecule has 0 radical (unpaired) electrons. The van der Waals surface area contributed by atoms with Crippen molar-refractivity contribution in [2.45, 2.75) is 18.4 Å². The minimum Gasteiger partial charge on any atom is -0.382 e. The van der Waals surface area contributed by atoms with Crippen LogP contribution in [-0.2, 0) is 5.60 Å². The fourth-order valence-corrected chi connectivity index (χ4v) is 2.97. The topological polar surface area (TPSA) is 90.8 Å². The van der Waals surface area contributed by atoms with E-state index in [9.17, 15) is 5.11 Å². The van der Waals surface area contributed by atoms with Crippen LogP contribution in [-0.4, -0.2) is 43.6 Å². The molecule has 3 heterocycles. The fraction of sp³-hybridized carbons (Fsp3) is 0.333. The number of aromatic nitrogens is 5. The van der Waals surface area contributed by atoms with Gasteiger partial charge in [0.15, 0.2) is 0 Å². The number of anilines is 1. The standard InChI is InChI=1S/C15H16N6O/c22-15(13-8-17-20-19-13)6-3-7-21(10-15)14-9-16-11-4-1-2-5-12(11)18-14/h1-2,4-5,8-9,22H,3,6-7,10H2,(H,17,19,20). The van der Waals surface area contributed by atoms with Crippen LogP contribution in [0.1, 0.15) is 18.5 Å². The zero-order chi connectivity index (χ0) is 15.0. The molecule has 0 amide bonds. The second kappa shape index (κ2) is 5.03. The van der Waals surface area contributed by atoms with Crippen LogP contribution in [0.5, 0.6) is 0 Å². The summed E-state index contributed by atoms with van der Waals surface area (Å²) in [5.74, 6) is 0.778. The Hall–Kier alpha value is -2.54. The van der Waals surface area contributed by atoms with Gasteiger partial charge in [-0.25, -0.2) is 4.98 Å². The van der Waals surface area contributed by atoms with Crippen LogP contribution in [0.25, 0.3) is 11.0 Å². The van der Waals surface area contributed by atoms with Crippen molar-refractivity contribution in [3.63, 3.8) is 0 Å². The number of para-hydroxylation sites is 2. The molecule has 0 saturated carbocycles. The highest BCUT2D eigenvalue weighted by Crippen LogP contribution is 2.31. The van der Waals surface area contributed by atoms with E-state index in [1.807, 2.05) is 24.3 Å². The van der Waals surface area contributed by atoms with Crippen molar-refractivity contribution in [3.05, 3.63) is 42.4 Å². The highest BCUT2D eigenvalue weighted by molar-refractivity contribution is 5.75. The van der Waals surface area contributed by atoms with E-state index in [4.69, 9.17) is 0 Å². The summed E-state index contributed by atoms with van der Waals surface area (Å²) in [5.41, 5.74) is 1.30. The number of nitrogens with one attached hydrogen (secondary N) is 1. The SMILES string of the molecule is OC1(c2cn[nH]n2)CCCN(c2cnc3ccccc3n2)C1. The number of rotatable bonds is 2. The Labute approximate surface area is 127 Å². The smallest absolute Gasteiger partial charge is 0.147 e. The minimum absolute atomic E-state index is 0.437.